The van der Waals surface area contributed by atoms with Crippen LogP contribution in [-0.2, 0) is 14.6 Å². The number of sulfonamides is 1. The van der Waals surface area contributed by atoms with Gasteiger partial charge >= 0.3 is 0 Å². The molecule has 0 bridgehead atoms. The number of rotatable bonds is 11. The Morgan fingerprint density at radius 1 is 1.17 bits per heavy atom. The average Bonchev–Trinajstić information content (AvgIpc) is 2.83. The number of para-hydroxylation sites is 1. The van der Waals surface area contributed by atoms with E-state index in [1.807, 2.05) is 32.9 Å². The Kier molecular flexibility index (Phi) is 10.4. The predicted molar refractivity (Wildman–Crippen MR) is 147 cm³/mol. The monoisotopic (exact) mass is 540 g/mol. The van der Waals surface area contributed by atoms with Crippen molar-refractivity contribution in [3.63, 3.8) is 0 Å². The Balaban J connectivity index is 2.32. The lowest BCUT2D eigenvalue weighted by Gasteiger charge is -2.19. The van der Waals surface area contributed by atoms with Crippen LogP contribution in [0.1, 0.15) is 27.7 Å². The Labute approximate surface area is 213 Å². The third-order valence-electron chi connectivity index (χ3n) is 5.15. The van der Waals surface area contributed by atoms with Gasteiger partial charge in [0.25, 0.3) is 0 Å². The summed E-state index contributed by atoms with van der Waals surface area (Å²) in [5.41, 5.74) is 1.08. The van der Waals surface area contributed by atoms with Gasteiger partial charge in [0.2, 0.25) is 17.4 Å². The van der Waals surface area contributed by atoms with Gasteiger partial charge in [-0.2, -0.15) is 0 Å². The molecular weight excluding hydrogens is 507 g/mol. The summed E-state index contributed by atoms with van der Waals surface area (Å²) in [7, 11) is -3.44. The first-order chi connectivity index (χ1) is 16.5. The third kappa shape index (κ3) is 7.84. The van der Waals surface area contributed by atoms with Crippen LogP contribution in [0.5, 0.6) is 5.75 Å². The van der Waals surface area contributed by atoms with Gasteiger partial charge in [-0.25, -0.2) is 17.7 Å². The van der Waals surface area contributed by atoms with Gasteiger partial charge < -0.3 is 15.2 Å². The second kappa shape index (κ2) is 12.6. The molecule has 192 valence electrons. The Hall–Kier alpha value is -2.32. The van der Waals surface area contributed by atoms with E-state index in [1.54, 1.807) is 43.3 Å². The van der Waals surface area contributed by atoms with Crippen LogP contribution < -0.4 is 15.2 Å². The molecular formula is C24H34ClN4O4PS. The number of nitrogens with one attached hydrogen (secondary N) is 2. The molecule has 0 radical (unpaired) electrons. The zero-order valence-corrected chi connectivity index (χ0v) is 23.4. The highest BCUT2D eigenvalue weighted by Gasteiger charge is 2.22. The van der Waals surface area contributed by atoms with Gasteiger partial charge in [-0.15, -0.1) is 0 Å². The fourth-order valence-electron chi connectivity index (χ4n) is 3.06. The van der Waals surface area contributed by atoms with E-state index in [2.05, 4.69) is 15.6 Å². The van der Waals surface area contributed by atoms with Gasteiger partial charge in [0.05, 0.1) is 10.7 Å². The minimum Gasteiger partial charge on any atom is -0.443 e. The van der Waals surface area contributed by atoms with Crippen LogP contribution >= 0.6 is 19.0 Å². The number of allylic oxidation sites excluding steroid dienone is 1. The van der Waals surface area contributed by atoms with E-state index in [-0.39, 0.29) is 4.90 Å². The number of benzene rings is 2. The fourth-order valence-corrected chi connectivity index (χ4v) is 5.40. The van der Waals surface area contributed by atoms with Crippen LogP contribution in [0.15, 0.2) is 69.5 Å². The molecule has 2 N–H and O–H groups in total. The summed E-state index contributed by atoms with van der Waals surface area (Å²) >= 11 is 6.42. The summed E-state index contributed by atoms with van der Waals surface area (Å²) in [6, 6.07) is 13.8. The molecule has 2 rings (SSSR count). The van der Waals surface area contributed by atoms with E-state index in [1.165, 1.54) is 20.2 Å². The molecule has 2 aromatic rings. The maximum atomic E-state index is 12.8. The molecule has 8 nitrogen and oxygen atoms in total. The van der Waals surface area contributed by atoms with Crippen molar-refractivity contribution in [2.75, 3.05) is 37.1 Å². The Morgan fingerprint density at radius 3 is 2.43 bits per heavy atom. The lowest BCUT2D eigenvalue weighted by molar-refractivity contribution is 0.484. The van der Waals surface area contributed by atoms with Crippen molar-refractivity contribution >= 4 is 46.2 Å². The first-order valence-electron chi connectivity index (χ1n) is 11.3. The molecule has 1 unspecified atom stereocenters. The number of halogens is 1. The average molecular weight is 541 g/mol. The molecule has 0 aliphatic heterocycles. The molecule has 0 saturated carbocycles. The minimum absolute atomic E-state index is 0.111. The molecule has 0 heterocycles. The Bertz CT molecular complexity index is 1220. The zero-order valence-electron chi connectivity index (χ0n) is 20.9. The number of aliphatic imine (C=N–C) groups is 1. The van der Waals surface area contributed by atoms with E-state index in [0.29, 0.717) is 34.6 Å². The van der Waals surface area contributed by atoms with Crippen LogP contribution in [-0.4, -0.2) is 51.1 Å². The predicted octanol–water partition coefficient (Wildman–Crippen LogP) is 6.04. The van der Waals surface area contributed by atoms with Gasteiger partial charge in [-0.05, 0) is 38.1 Å². The molecule has 0 aromatic heterocycles. The highest BCUT2D eigenvalue weighted by Crippen LogP contribution is 2.46. The second-order valence-electron chi connectivity index (χ2n) is 7.91. The number of hydrogen-bond donors (Lipinski definition) is 2. The molecule has 0 amide bonds. The summed E-state index contributed by atoms with van der Waals surface area (Å²) in [6.07, 6.45) is 2.15. The number of nitrogens with zero attached hydrogens (tertiary/aromatic N) is 2. The first-order valence-corrected chi connectivity index (χ1v) is 15.1. The van der Waals surface area contributed by atoms with Crippen molar-refractivity contribution in [3.05, 3.63) is 59.6 Å². The van der Waals surface area contributed by atoms with E-state index < -0.39 is 23.6 Å². The van der Waals surface area contributed by atoms with Crippen LogP contribution in [0.3, 0.4) is 0 Å². The maximum absolute atomic E-state index is 12.8. The first kappa shape index (κ1) is 28.9. The SMILES string of the molecule is C/C=C(/Cl)C(=NC(C)Nc1cccc(OP(=O)(CC)CC)c1)Nc1ccccc1S(=O)(=O)N(C)C. The van der Waals surface area contributed by atoms with Crippen molar-refractivity contribution in [2.24, 2.45) is 4.99 Å². The lowest BCUT2D eigenvalue weighted by atomic mass is 10.3. The molecule has 0 aliphatic rings. The molecule has 11 heteroatoms. The lowest BCUT2D eigenvalue weighted by Crippen LogP contribution is -2.25. The highest BCUT2D eigenvalue weighted by atomic mass is 35.5. The zero-order chi connectivity index (χ0) is 26.2. The smallest absolute Gasteiger partial charge is 0.247 e. The molecule has 0 fully saturated rings. The molecule has 2 aromatic carbocycles. The van der Waals surface area contributed by atoms with Crippen molar-refractivity contribution in [2.45, 2.75) is 38.8 Å². The largest absolute Gasteiger partial charge is 0.443 e. The second-order valence-corrected chi connectivity index (χ2v) is 13.5. The van der Waals surface area contributed by atoms with Crippen LogP contribution in [0, 0.1) is 0 Å². The molecule has 1 atom stereocenters. The van der Waals surface area contributed by atoms with Crippen LogP contribution in [0.2, 0.25) is 0 Å². The van der Waals surface area contributed by atoms with Gasteiger partial charge in [-0.3, -0.25) is 4.57 Å². The van der Waals surface area contributed by atoms with E-state index in [0.717, 1.165) is 9.99 Å². The molecule has 0 aliphatic carbocycles. The van der Waals surface area contributed by atoms with Gasteiger partial charge in [0.15, 0.2) is 0 Å². The van der Waals surface area contributed by atoms with Gasteiger partial charge in [0.1, 0.15) is 22.6 Å². The van der Waals surface area contributed by atoms with Crippen molar-refractivity contribution in [1.82, 2.24) is 4.31 Å². The minimum atomic E-state index is -3.69. The van der Waals surface area contributed by atoms with Gasteiger partial charge in [-0.1, -0.05) is 49.7 Å². The van der Waals surface area contributed by atoms with Crippen molar-refractivity contribution < 1.29 is 17.5 Å². The molecule has 0 spiro atoms. The highest BCUT2D eigenvalue weighted by molar-refractivity contribution is 7.89. The summed E-state index contributed by atoms with van der Waals surface area (Å²) in [4.78, 5) is 4.74. The molecule has 35 heavy (non-hydrogen) atoms. The topological polar surface area (TPSA) is 100 Å². The number of hydrogen-bond acceptors (Lipinski definition) is 6. The van der Waals surface area contributed by atoms with E-state index in [4.69, 9.17) is 16.1 Å². The Morgan fingerprint density at radius 2 is 1.83 bits per heavy atom. The summed E-state index contributed by atoms with van der Waals surface area (Å²) < 4.78 is 45.1. The molecule has 0 saturated heterocycles. The van der Waals surface area contributed by atoms with Gasteiger partial charge in [0, 0.05) is 38.2 Å². The number of anilines is 2. The maximum Gasteiger partial charge on any atom is 0.247 e. The normalized spacial score (nSPS) is 14.1. The fraction of sp³-hybridized carbons (Fsp3) is 0.375. The van der Waals surface area contributed by atoms with E-state index >= 15 is 0 Å². The van der Waals surface area contributed by atoms with Crippen molar-refractivity contribution in [1.29, 1.82) is 0 Å². The third-order valence-corrected chi connectivity index (χ3v) is 9.89. The van der Waals surface area contributed by atoms with Crippen molar-refractivity contribution in [3.8, 4) is 5.75 Å². The standard InChI is InChI=1S/C24H34ClN4O4PS/c1-7-21(25)24(28-22-15-10-11-16-23(22)35(31,32)29(5)6)27-18(4)26-19-13-12-14-20(17-19)33-34(30,8-2)9-3/h7,10-18,26H,8-9H2,1-6H3,(H,27,28)/b21-7+. The quantitative estimate of drug-likeness (QED) is 0.204. The van der Waals surface area contributed by atoms with Crippen LogP contribution in [0.4, 0.5) is 11.4 Å². The van der Waals surface area contributed by atoms with Crippen LogP contribution in [0.25, 0.3) is 0 Å². The summed E-state index contributed by atoms with van der Waals surface area (Å²) in [6.45, 7) is 7.30. The number of amidine groups is 1. The summed E-state index contributed by atoms with van der Waals surface area (Å²) in [5.74, 6) is 0.829. The van der Waals surface area contributed by atoms with E-state index in [9.17, 15) is 13.0 Å². The summed E-state index contributed by atoms with van der Waals surface area (Å²) in [5, 5.41) is 6.66.